The van der Waals surface area contributed by atoms with Crippen molar-refractivity contribution in [3.8, 4) is 0 Å². The first kappa shape index (κ1) is 11.9. The minimum absolute atomic E-state index is 0.750. The molecule has 0 spiro atoms. The Kier molecular flexibility index (Phi) is 3.88. The van der Waals surface area contributed by atoms with Gasteiger partial charge < -0.3 is 5.32 Å². The molecular weight excluding hydrogens is 218 g/mol. The van der Waals surface area contributed by atoms with E-state index in [0.29, 0.717) is 0 Å². The Balaban J connectivity index is 1.80. The van der Waals surface area contributed by atoms with Crippen LogP contribution in [0, 0.1) is 12.8 Å². The fourth-order valence-electron chi connectivity index (χ4n) is 2.18. The van der Waals surface area contributed by atoms with Gasteiger partial charge in [0.25, 0.3) is 0 Å². The molecule has 1 aliphatic rings. The molecule has 2 unspecified atom stereocenters. The van der Waals surface area contributed by atoms with E-state index in [-0.39, 0.29) is 0 Å². The molecule has 2 atom stereocenters. The maximum atomic E-state index is 6.10. The van der Waals surface area contributed by atoms with Crippen LogP contribution in [0.15, 0.2) is 18.2 Å². The van der Waals surface area contributed by atoms with Crippen molar-refractivity contribution in [2.75, 3.05) is 0 Å². The first-order chi connectivity index (χ1) is 7.70. The van der Waals surface area contributed by atoms with Gasteiger partial charge in [-0.05, 0) is 42.9 Å². The predicted molar refractivity (Wildman–Crippen MR) is 69.8 cm³/mol. The van der Waals surface area contributed by atoms with E-state index in [9.17, 15) is 0 Å². The van der Waals surface area contributed by atoms with E-state index in [1.807, 2.05) is 6.92 Å². The summed E-state index contributed by atoms with van der Waals surface area (Å²) in [5.41, 5.74) is 2.44. The molecule has 1 aromatic rings. The van der Waals surface area contributed by atoms with E-state index in [1.54, 1.807) is 0 Å². The summed E-state index contributed by atoms with van der Waals surface area (Å²) in [6, 6.07) is 7.07. The molecule has 1 saturated carbocycles. The van der Waals surface area contributed by atoms with Gasteiger partial charge in [-0.25, -0.2) is 0 Å². The van der Waals surface area contributed by atoms with E-state index in [4.69, 9.17) is 11.6 Å². The highest BCUT2D eigenvalue weighted by Gasteiger charge is 2.35. The Bertz CT molecular complexity index is 362. The van der Waals surface area contributed by atoms with Crippen molar-refractivity contribution in [2.24, 2.45) is 5.92 Å². The Hall–Kier alpha value is -0.530. The van der Waals surface area contributed by atoms with Gasteiger partial charge in [0.1, 0.15) is 0 Å². The molecule has 2 rings (SSSR count). The molecule has 0 saturated heterocycles. The predicted octanol–water partition coefficient (Wildman–Crippen LogP) is 3.93. The number of benzene rings is 1. The summed E-state index contributed by atoms with van der Waals surface area (Å²) in [6.45, 7) is 5.25. The standard InChI is InChI=1S/C14H20ClN/c1-3-4-12-8-14(12)16-9-11-6-5-10(2)13(15)7-11/h5-7,12,14,16H,3-4,8-9H2,1-2H3. The van der Waals surface area contributed by atoms with Crippen LogP contribution >= 0.6 is 11.6 Å². The van der Waals surface area contributed by atoms with Gasteiger partial charge in [0.05, 0.1) is 0 Å². The second-order valence-electron chi connectivity index (χ2n) is 4.86. The van der Waals surface area contributed by atoms with Gasteiger partial charge in [0.15, 0.2) is 0 Å². The van der Waals surface area contributed by atoms with Gasteiger partial charge in [0.2, 0.25) is 0 Å². The third-order valence-electron chi connectivity index (χ3n) is 3.39. The van der Waals surface area contributed by atoms with Crippen LogP contribution in [0.25, 0.3) is 0 Å². The van der Waals surface area contributed by atoms with Crippen molar-refractivity contribution in [2.45, 2.75) is 45.7 Å². The number of hydrogen-bond acceptors (Lipinski definition) is 1. The summed E-state index contributed by atoms with van der Waals surface area (Å²) < 4.78 is 0. The van der Waals surface area contributed by atoms with Crippen LogP contribution in [0.3, 0.4) is 0 Å². The first-order valence-corrected chi connectivity index (χ1v) is 6.57. The maximum Gasteiger partial charge on any atom is 0.0438 e. The fraction of sp³-hybridized carbons (Fsp3) is 0.571. The Morgan fingerprint density at radius 1 is 1.44 bits per heavy atom. The van der Waals surface area contributed by atoms with Gasteiger partial charge in [-0.15, -0.1) is 0 Å². The summed E-state index contributed by atoms with van der Waals surface area (Å²) in [4.78, 5) is 0. The minimum Gasteiger partial charge on any atom is -0.310 e. The van der Waals surface area contributed by atoms with Crippen LogP contribution in [0.2, 0.25) is 5.02 Å². The van der Waals surface area contributed by atoms with E-state index in [0.717, 1.165) is 29.1 Å². The average Bonchev–Trinajstić information content (AvgIpc) is 2.99. The van der Waals surface area contributed by atoms with Crippen molar-refractivity contribution >= 4 is 11.6 Å². The molecule has 0 amide bonds. The molecule has 2 heteroatoms. The van der Waals surface area contributed by atoms with Crippen LogP contribution in [-0.4, -0.2) is 6.04 Å². The van der Waals surface area contributed by atoms with Gasteiger partial charge in [-0.1, -0.05) is 37.1 Å². The Labute approximate surface area is 103 Å². The largest absolute Gasteiger partial charge is 0.310 e. The van der Waals surface area contributed by atoms with E-state index in [2.05, 4.69) is 30.4 Å². The highest BCUT2D eigenvalue weighted by molar-refractivity contribution is 6.31. The molecule has 88 valence electrons. The lowest BCUT2D eigenvalue weighted by Crippen LogP contribution is -2.17. The maximum absolute atomic E-state index is 6.10. The molecule has 0 heterocycles. The van der Waals surface area contributed by atoms with Gasteiger partial charge in [0, 0.05) is 17.6 Å². The van der Waals surface area contributed by atoms with Gasteiger partial charge >= 0.3 is 0 Å². The third kappa shape index (κ3) is 2.99. The molecular formula is C14H20ClN. The molecule has 1 nitrogen and oxygen atoms in total. The van der Waals surface area contributed by atoms with Crippen molar-refractivity contribution in [3.63, 3.8) is 0 Å². The highest BCUT2D eigenvalue weighted by Crippen LogP contribution is 2.34. The lowest BCUT2D eigenvalue weighted by atomic mass is 10.1. The molecule has 0 aliphatic heterocycles. The second-order valence-corrected chi connectivity index (χ2v) is 5.26. The molecule has 1 aliphatic carbocycles. The first-order valence-electron chi connectivity index (χ1n) is 6.19. The van der Waals surface area contributed by atoms with E-state index in [1.165, 1.54) is 24.8 Å². The van der Waals surface area contributed by atoms with Crippen LogP contribution < -0.4 is 5.32 Å². The monoisotopic (exact) mass is 237 g/mol. The van der Waals surface area contributed by atoms with E-state index >= 15 is 0 Å². The van der Waals surface area contributed by atoms with E-state index < -0.39 is 0 Å². The molecule has 1 N–H and O–H groups in total. The molecule has 16 heavy (non-hydrogen) atoms. The molecule has 1 fully saturated rings. The summed E-state index contributed by atoms with van der Waals surface area (Å²) >= 11 is 6.10. The van der Waals surface area contributed by atoms with Crippen molar-refractivity contribution in [1.29, 1.82) is 0 Å². The van der Waals surface area contributed by atoms with Crippen LogP contribution in [-0.2, 0) is 6.54 Å². The number of nitrogens with one attached hydrogen (secondary N) is 1. The lowest BCUT2D eigenvalue weighted by Gasteiger charge is -2.06. The summed E-state index contributed by atoms with van der Waals surface area (Å²) in [7, 11) is 0. The Morgan fingerprint density at radius 2 is 2.25 bits per heavy atom. The van der Waals surface area contributed by atoms with Crippen LogP contribution in [0.1, 0.15) is 37.3 Å². The highest BCUT2D eigenvalue weighted by atomic mass is 35.5. The van der Waals surface area contributed by atoms with Crippen LogP contribution in [0.4, 0.5) is 0 Å². The summed E-state index contributed by atoms with van der Waals surface area (Å²) in [6.07, 6.45) is 4.03. The number of rotatable bonds is 5. The van der Waals surface area contributed by atoms with Gasteiger partial charge in [-0.2, -0.15) is 0 Å². The number of halogens is 1. The zero-order valence-corrected chi connectivity index (χ0v) is 10.8. The van der Waals surface area contributed by atoms with Crippen molar-refractivity contribution in [1.82, 2.24) is 5.32 Å². The minimum atomic E-state index is 0.750. The molecule has 0 bridgehead atoms. The smallest absolute Gasteiger partial charge is 0.0438 e. The Morgan fingerprint density at radius 3 is 2.94 bits per heavy atom. The molecule has 1 aromatic carbocycles. The topological polar surface area (TPSA) is 12.0 Å². The zero-order chi connectivity index (χ0) is 11.5. The third-order valence-corrected chi connectivity index (χ3v) is 3.79. The lowest BCUT2D eigenvalue weighted by molar-refractivity contribution is 0.599. The summed E-state index contributed by atoms with van der Waals surface area (Å²) in [5.74, 6) is 0.922. The zero-order valence-electron chi connectivity index (χ0n) is 10.1. The number of aryl methyl sites for hydroxylation is 1. The normalized spacial score (nSPS) is 23.4. The fourth-order valence-corrected chi connectivity index (χ4v) is 2.39. The molecule has 0 aromatic heterocycles. The molecule has 0 radical (unpaired) electrons. The van der Waals surface area contributed by atoms with Crippen molar-refractivity contribution in [3.05, 3.63) is 34.3 Å². The SMILES string of the molecule is CCCC1CC1NCc1ccc(C)c(Cl)c1. The van der Waals surface area contributed by atoms with Gasteiger partial charge in [-0.3, -0.25) is 0 Å². The average molecular weight is 238 g/mol. The van der Waals surface area contributed by atoms with Crippen molar-refractivity contribution < 1.29 is 0 Å². The quantitative estimate of drug-likeness (QED) is 0.819. The number of hydrogen-bond donors (Lipinski definition) is 1. The summed E-state index contributed by atoms with van der Waals surface area (Å²) in [5, 5.41) is 4.47. The second kappa shape index (κ2) is 5.20. The van der Waals surface area contributed by atoms with Crippen LogP contribution in [0.5, 0.6) is 0 Å².